The molecule has 0 radical (unpaired) electrons. The fourth-order valence-electron chi connectivity index (χ4n) is 1.77. The smallest absolute Gasteiger partial charge is 0.206 e. The van der Waals surface area contributed by atoms with E-state index in [0.29, 0.717) is 5.56 Å². The van der Waals surface area contributed by atoms with Gasteiger partial charge in [0.1, 0.15) is 0 Å². The molecule has 2 N–H and O–H groups in total. The summed E-state index contributed by atoms with van der Waals surface area (Å²) in [6.07, 6.45) is 0.206. The Labute approximate surface area is 118 Å². The first-order chi connectivity index (χ1) is 9.04. The van der Waals surface area contributed by atoms with E-state index in [1.54, 1.807) is 48.5 Å². The van der Waals surface area contributed by atoms with E-state index < -0.39 is 9.84 Å². The molecule has 0 amide bonds. The summed E-state index contributed by atoms with van der Waals surface area (Å²) in [5.41, 5.74) is 1.72. The molecular formula is C15H15NO3S. The minimum absolute atomic E-state index is 0. The third kappa shape index (κ3) is 3.23. The quantitative estimate of drug-likeness (QED) is 0.866. The molecule has 0 saturated carbocycles. The molecule has 0 aliphatic heterocycles. The molecule has 0 spiro atoms. The van der Waals surface area contributed by atoms with Crippen molar-refractivity contribution >= 4 is 9.84 Å². The predicted octanol–water partition coefficient (Wildman–Crippen LogP) is 2.07. The van der Waals surface area contributed by atoms with Crippen LogP contribution in [-0.4, -0.2) is 13.9 Å². The normalized spacial score (nSPS) is 10.4. The fourth-order valence-corrected chi connectivity index (χ4v) is 3.10. The summed E-state index contributed by atoms with van der Waals surface area (Å²) in [4.78, 5) is 0.497. The van der Waals surface area contributed by atoms with Crippen LogP contribution in [0.1, 0.15) is 11.1 Å². The minimum atomic E-state index is -3.51. The second-order valence-corrected chi connectivity index (χ2v) is 6.25. The maximum absolute atomic E-state index is 12.4. The summed E-state index contributed by atoms with van der Waals surface area (Å²) >= 11 is 0. The Morgan fingerprint density at radius 3 is 2.30 bits per heavy atom. The number of sulfone groups is 1. The summed E-state index contributed by atoms with van der Waals surface area (Å²) < 4.78 is 24.8. The monoisotopic (exact) mass is 289 g/mol. The van der Waals surface area contributed by atoms with Crippen LogP contribution in [0.4, 0.5) is 0 Å². The van der Waals surface area contributed by atoms with Crippen LogP contribution in [0.15, 0.2) is 58.3 Å². The van der Waals surface area contributed by atoms with Gasteiger partial charge in [0.25, 0.3) is 0 Å². The molecule has 0 atom stereocenters. The Hall–Kier alpha value is -2.16. The van der Waals surface area contributed by atoms with Crippen LogP contribution < -0.4 is 0 Å². The second-order valence-electron chi connectivity index (χ2n) is 4.30. The van der Waals surface area contributed by atoms with Gasteiger partial charge in [-0.3, -0.25) is 0 Å². The first-order valence-electron chi connectivity index (χ1n) is 5.82. The van der Waals surface area contributed by atoms with Gasteiger partial charge in [-0.05, 0) is 36.8 Å². The molecule has 0 fully saturated rings. The van der Waals surface area contributed by atoms with Crippen molar-refractivity contribution < 1.29 is 13.9 Å². The number of nitriles is 1. The molecule has 0 heterocycles. The van der Waals surface area contributed by atoms with E-state index in [1.165, 1.54) is 0 Å². The maximum Gasteiger partial charge on any atom is 0.206 e. The standard InChI is InChI=1S/C15H13NO2S.H2O/c1-12-5-7-14(8-6-12)19(17,18)15-4-2-3-13(11-15)9-10-16;/h2-8,11H,9H2,1H3;1H2. The molecule has 2 aromatic rings. The molecular weight excluding hydrogens is 274 g/mol. The highest BCUT2D eigenvalue weighted by Gasteiger charge is 2.17. The molecule has 2 aromatic carbocycles. The number of hydrogen-bond donors (Lipinski definition) is 0. The Morgan fingerprint density at radius 2 is 1.70 bits per heavy atom. The third-order valence-electron chi connectivity index (χ3n) is 2.82. The lowest BCUT2D eigenvalue weighted by atomic mass is 10.2. The van der Waals surface area contributed by atoms with Crippen molar-refractivity contribution in [3.8, 4) is 6.07 Å². The molecule has 0 unspecified atom stereocenters. The zero-order valence-corrected chi connectivity index (χ0v) is 11.8. The van der Waals surface area contributed by atoms with Crippen molar-refractivity contribution in [2.75, 3.05) is 0 Å². The zero-order chi connectivity index (χ0) is 13.9. The highest BCUT2D eigenvalue weighted by Crippen LogP contribution is 2.22. The lowest BCUT2D eigenvalue weighted by Crippen LogP contribution is -2.02. The maximum atomic E-state index is 12.4. The largest absolute Gasteiger partial charge is 0.412 e. The summed E-state index contributed by atoms with van der Waals surface area (Å²) in [7, 11) is -3.51. The Balaban J connectivity index is 0.00000200. The van der Waals surface area contributed by atoms with Crippen molar-refractivity contribution in [3.05, 3.63) is 59.7 Å². The molecule has 5 heteroatoms. The Kier molecular flexibility index (Phi) is 5.03. The fraction of sp³-hybridized carbons (Fsp3) is 0.133. The first-order valence-corrected chi connectivity index (χ1v) is 7.30. The van der Waals surface area contributed by atoms with Crippen LogP contribution in [0.2, 0.25) is 0 Å². The SMILES string of the molecule is Cc1ccc(S(=O)(=O)c2cccc(CC#N)c2)cc1.O. The van der Waals surface area contributed by atoms with E-state index >= 15 is 0 Å². The average molecular weight is 289 g/mol. The van der Waals surface area contributed by atoms with Gasteiger partial charge in [0.2, 0.25) is 9.84 Å². The van der Waals surface area contributed by atoms with E-state index in [4.69, 9.17) is 5.26 Å². The van der Waals surface area contributed by atoms with Gasteiger partial charge in [0.15, 0.2) is 0 Å². The van der Waals surface area contributed by atoms with Crippen molar-refractivity contribution in [1.29, 1.82) is 5.26 Å². The van der Waals surface area contributed by atoms with Gasteiger partial charge in [-0.15, -0.1) is 0 Å². The van der Waals surface area contributed by atoms with Gasteiger partial charge >= 0.3 is 0 Å². The number of rotatable bonds is 3. The van der Waals surface area contributed by atoms with Crippen LogP contribution in [0.5, 0.6) is 0 Å². The molecule has 104 valence electrons. The van der Waals surface area contributed by atoms with Crippen LogP contribution in [0, 0.1) is 18.3 Å². The molecule has 0 saturated heterocycles. The summed E-state index contributed by atoms with van der Waals surface area (Å²) in [5, 5.41) is 8.66. The van der Waals surface area contributed by atoms with Crippen molar-refractivity contribution in [2.45, 2.75) is 23.1 Å². The van der Waals surface area contributed by atoms with Crippen LogP contribution in [0.25, 0.3) is 0 Å². The van der Waals surface area contributed by atoms with Gasteiger partial charge in [-0.1, -0.05) is 29.8 Å². The van der Waals surface area contributed by atoms with Gasteiger partial charge in [-0.25, -0.2) is 8.42 Å². The topological polar surface area (TPSA) is 89.4 Å². The van der Waals surface area contributed by atoms with Crippen molar-refractivity contribution in [1.82, 2.24) is 0 Å². The van der Waals surface area contributed by atoms with Gasteiger partial charge in [0.05, 0.1) is 22.3 Å². The van der Waals surface area contributed by atoms with Gasteiger partial charge in [0, 0.05) is 0 Å². The molecule has 0 aliphatic rings. The Bertz CT molecular complexity index is 728. The molecule has 0 aromatic heterocycles. The van der Waals surface area contributed by atoms with Crippen LogP contribution >= 0.6 is 0 Å². The number of hydrogen-bond acceptors (Lipinski definition) is 3. The number of benzene rings is 2. The van der Waals surface area contributed by atoms with E-state index in [2.05, 4.69) is 0 Å². The summed E-state index contributed by atoms with van der Waals surface area (Å²) in [6.45, 7) is 1.91. The van der Waals surface area contributed by atoms with Crippen LogP contribution in [-0.2, 0) is 16.3 Å². The van der Waals surface area contributed by atoms with Crippen molar-refractivity contribution in [2.24, 2.45) is 0 Å². The highest BCUT2D eigenvalue weighted by atomic mass is 32.2. The molecule has 0 bridgehead atoms. The van der Waals surface area contributed by atoms with Crippen molar-refractivity contribution in [3.63, 3.8) is 0 Å². The van der Waals surface area contributed by atoms with Gasteiger partial charge in [-0.2, -0.15) is 5.26 Å². The summed E-state index contributed by atoms with van der Waals surface area (Å²) in [6, 6.07) is 15.3. The second kappa shape index (κ2) is 6.33. The number of aryl methyl sites for hydroxylation is 1. The highest BCUT2D eigenvalue weighted by molar-refractivity contribution is 7.91. The van der Waals surface area contributed by atoms with E-state index in [-0.39, 0.29) is 21.7 Å². The molecule has 2 rings (SSSR count). The summed E-state index contributed by atoms with van der Waals surface area (Å²) in [5.74, 6) is 0. The predicted molar refractivity (Wildman–Crippen MR) is 76.0 cm³/mol. The molecule has 0 aliphatic carbocycles. The third-order valence-corrected chi connectivity index (χ3v) is 4.59. The Morgan fingerprint density at radius 1 is 1.05 bits per heavy atom. The minimum Gasteiger partial charge on any atom is -0.412 e. The molecule has 4 nitrogen and oxygen atoms in total. The number of nitrogens with zero attached hydrogens (tertiary/aromatic N) is 1. The van der Waals surface area contributed by atoms with Gasteiger partial charge < -0.3 is 5.48 Å². The first kappa shape index (κ1) is 15.9. The van der Waals surface area contributed by atoms with Crippen LogP contribution in [0.3, 0.4) is 0 Å². The zero-order valence-electron chi connectivity index (χ0n) is 11.0. The lowest BCUT2D eigenvalue weighted by molar-refractivity contribution is 0.596. The molecule has 20 heavy (non-hydrogen) atoms. The van der Waals surface area contributed by atoms with E-state index in [1.807, 2.05) is 13.0 Å². The lowest BCUT2D eigenvalue weighted by Gasteiger charge is -2.06. The van der Waals surface area contributed by atoms with E-state index in [0.717, 1.165) is 5.56 Å². The average Bonchev–Trinajstić information content (AvgIpc) is 2.40. The van der Waals surface area contributed by atoms with E-state index in [9.17, 15) is 8.42 Å².